The lowest BCUT2D eigenvalue weighted by molar-refractivity contribution is -0.274. The van der Waals surface area contributed by atoms with Crippen LogP contribution >= 0.6 is 0 Å². The van der Waals surface area contributed by atoms with Gasteiger partial charge >= 0.3 is 6.36 Å². The molecule has 6 nitrogen and oxygen atoms in total. The molecule has 1 aliphatic heterocycles. The lowest BCUT2D eigenvalue weighted by atomic mass is 10.2. The molecule has 0 spiro atoms. The van der Waals surface area contributed by atoms with Crippen LogP contribution in [0.3, 0.4) is 0 Å². The Hall–Kier alpha value is -2.13. The molecule has 124 valence electrons. The summed E-state index contributed by atoms with van der Waals surface area (Å²) in [6.07, 6.45) is -4.71. The number of nitrogens with zero attached hydrogens (tertiary/aromatic N) is 3. The lowest BCUT2D eigenvalue weighted by Crippen LogP contribution is -2.44. The molecule has 1 fully saturated rings. The summed E-state index contributed by atoms with van der Waals surface area (Å²) < 4.78 is 45.5. The molecule has 1 saturated heterocycles. The predicted octanol–water partition coefficient (Wildman–Crippen LogP) is 2.21. The number of hydrogen-bond donors (Lipinski definition) is 1. The van der Waals surface area contributed by atoms with Crippen molar-refractivity contribution in [3.63, 3.8) is 0 Å². The molecule has 1 aromatic carbocycles. The fourth-order valence-corrected chi connectivity index (χ4v) is 2.38. The molecule has 1 aromatic heterocycles. The number of benzene rings is 1. The van der Waals surface area contributed by atoms with E-state index in [1.807, 2.05) is 7.05 Å². The predicted molar refractivity (Wildman–Crippen MR) is 74.7 cm³/mol. The van der Waals surface area contributed by atoms with E-state index >= 15 is 0 Å². The highest BCUT2D eigenvalue weighted by Gasteiger charge is 2.31. The molecule has 3 rings (SSSR count). The van der Waals surface area contributed by atoms with Gasteiger partial charge in [-0.05, 0) is 31.3 Å². The van der Waals surface area contributed by atoms with E-state index in [0.29, 0.717) is 17.9 Å². The summed E-state index contributed by atoms with van der Waals surface area (Å²) >= 11 is 0. The van der Waals surface area contributed by atoms with Gasteiger partial charge in [0.1, 0.15) is 5.75 Å². The SMILES string of the molecule is CN1CCNCC1c1noc(-c2ccc(OC(F)(F)F)cc2)n1. The highest BCUT2D eigenvalue weighted by atomic mass is 19.4. The molecule has 1 atom stereocenters. The fraction of sp³-hybridized carbons (Fsp3) is 0.429. The van der Waals surface area contributed by atoms with Gasteiger partial charge in [-0.25, -0.2) is 0 Å². The van der Waals surface area contributed by atoms with Gasteiger partial charge in [0.15, 0.2) is 5.82 Å². The third-order valence-electron chi connectivity index (χ3n) is 3.59. The van der Waals surface area contributed by atoms with E-state index in [1.165, 1.54) is 24.3 Å². The Kier molecular flexibility index (Phi) is 4.22. The van der Waals surface area contributed by atoms with Crippen molar-refractivity contribution in [1.82, 2.24) is 20.4 Å². The van der Waals surface area contributed by atoms with Crippen molar-refractivity contribution in [3.05, 3.63) is 30.1 Å². The third kappa shape index (κ3) is 3.80. The normalized spacial score (nSPS) is 19.7. The quantitative estimate of drug-likeness (QED) is 0.932. The Bertz CT molecular complexity index is 657. The Morgan fingerprint density at radius 2 is 2.04 bits per heavy atom. The average Bonchev–Trinajstić information content (AvgIpc) is 2.96. The van der Waals surface area contributed by atoms with Gasteiger partial charge in [-0.2, -0.15) is 4.98 Å². The van der Waals surface area contributed by atoms with Crippen LogP contribution in [0, 0.1) is 0 Å². The van der Waals surface area contributed by atoms with Crippen LogP contribution in [-0.2, 0) is 0 Å². The van der Waals surface area contributed by atoms with E-state index < -0.39 is 6.36 Å². The van der Waals surface area contributed by atoms with Gasteiger partial charge in [-0.3, -0.25) is 4.90 Å². The summed E-state index contributed by atoms with van der Waals surface area (Å²) in [6.45, 7) is 2.49. The number of rotatable bonds is 3. The maximum absolute atomic E-state index is 12.1. The van der Waals surface area contributed by atoms with Crippen LogP contribution in [0.1, 0.15) is 11.9 Å². The summed E-state index contributed by atoms with van der Waals surface area (Å²) in [5, 5.41) is 7.23. The number of piperazine rings is 1. The van der Waals surface area contributed by atoms with Gasteiger partial charge < -0.3 is 14.6 Å². The lowest BCUT2D eigenvalue weighted by Gasteiger charge is -2.30. The monoisotopic (exact) mass is 328 g/mol. The number of halogens is 3. The topological polar surface area (TPSA) is 63.4 Å². The molecular weight excluding hydrogens is 313 g/mol. The molecule has 2 aromatic rings. The summed E-state index contributed by atoms with van der Waals surface area (Å²) in [5.41, 5.74) is 0.532. The fourth-order valence-electron chi connectivity index (χ4n) is 2.38. The van der Waals surface area contributed by atoms with Crippen LogP contribution in [-0.4, -0.2) is 48.1 Å². The Morgan fingerprint density at radius 3 is 2.70 bits per heavy atom. The van der Waals surface area contributed by atoms with Crippen molar-refractivity contribution in [2.45, 2.75) is 12.4 Å². The third-order valence-corrected chi connectivity index (χ3v) is 3.59. The van der Waals surface area contributed by atoms with Gasteiger partial charge in [0, 0.05) is 25.2 Å². The highest BCUT2D eigenvalue weighted by molar-refractivity contribution is 5.54. The van der Waals surface area contributed by atoms with E-state index in [9.17, 15) is 13.2 Å². The van der Waals surface area contributed by atoms with E-state index in [-0.39, 0.29) is 17.7 Å². The van der Waals surface area contributed by atoms with Gasteiger partial charge in [0.25, 0.3) is 5.89 Å². The van der Waals surface area contributed by atoms with Gasteiger partial charge in [-0.1, -0.05) is 5.16 Å². The minimum absolute atomic E-state index is 0.00841. The Labute approximate surface area is 130 Å². The van der Waals surface area contributed by atoms with Crippen LogP contribution in [0.4, 0.5) is 13.2 Å². The molecule has 0 bridgehead atoms. The molecule has 0 amide bonds. The molecule has 1 aliphatic rings. The van der Waals surface area contributed by atoms with Crippen LogP contribution in [0.5, 0.6) is 5.75 Å². The van der Waals surface area contributed by atoms with Crippen molar-refractivity contribution in [2.24, 2.45) is 0 Å². The second kappa shape index (κ2) is 6.17. The van der Waals surface area contributed by atoms with Crippen LogP contribution < -0.4 is 10.1 Å². The van der Waals surface area contributed by atoms with Crippen molar-refractivity contribution >= 4 is 0 Å². The van der Waals surface area contributed by atoms with E-state index in [2.05, 4.69) is 25.1 Å². The van der Waals surface area contributed by atoms with Crippen molar-refractivity contribution in [2.75, 3.05) is 26.7 Å². The van der Waals surface area contributed by atoms with E-state index in [4.69, 9.17) is 4.52 Å². The van der Waals surface area contributed by atoms with Crippen LogP contribution in [0.15, 0.2) is 28.8 Å². The number of ether oxygens (including phenoxy) is 1. The first-order chi connectivity index (χ1) is 10.9. The number of likely N-dealkylation sites (N-methyl/N-ethyl adjacent to an activating group) is 1. The molecule has 0 aliphatic carbocycles. The maximum atomic E-state index is 12.1. The zero-order valence-corrected chi connectivity index (χ0v) is 12.3. The first-order valence-electron chi connectivity index (χ1n) is 7.03. The van der Waals surface area contributed by atoms with Crippen LogP contribution in [0.25, 0.3) is 11.5 Å². The first kappa shape index (κ1) is 15.8. The van der Waals surface area contributed by atoms with Crippen molar-refractivity contribution in [3.8, 4) is 17.2 Å². The second-order valence-corrected chi connectivity index (χ2v) is 5.23. The molecule has 9 heteroatoms. The zero-order chi connectivity index (χ0) is 16.4. The Balaban J connectivity index is 1.75. The van der Waals surface area contributed by atoms with E-state index in [1.54, 1.807) is 0 Å². The van der Waals surface area contributed by atoms with Crippen molar-refractivity contribution < 1.29 is 22.4 Å². The second-order valence-electron chi connectivity index (χ2n) is 5.23. The summed E-state index contributed by atoms with van der Waals surface area (Å²) in [4.78, 5) is 6.45. The van der Waals surface area contributed by atoms with Gasteiger partial charge in [0.05, 0.1) is 6.04 Å². The molecule has 1 N–H and O–H groups in total. The average molecular weight is 328 g/mol. The molecule has 1 unspecified atom stereocenters. The molecule has 0 radical (unpaired) electrons. The van der Waals surface area contributed by atoms with Gasteiger partial charge in [0.2, 0.25) is 0 Å². The summed E-state index contributed by atoms with van der Waals surface area (Å²) in [5.74, 6) is 0.514. The number of nitrogens with one attached hydrogen (secondary N) is 1. The smallest absolute Gasteiger partial charge is 0.406 e. The standard InChI is InChI=1S/C14H15F3N4O2/c1-21-7-6-18-8-11(21)12-19-13(23-20-12)9-2-4-10(5-3-9)22-14(15,16)17/h2-5,11,18H,6-8H2,1H3. The zero-order valence-electron chi connectivity index (χ0n) is 12.3. The van der Waals surface area contributed by atoms with Crippen LogP contribution in [0.2, 0.25) is 0 Å². The largest absolute Gasteiger partial charge is 0.573 e. The molecule has 2 heterocycles. The number of hydrogen-bond acceptors (Lipinski definition) is 6. The Morgan fingerprint density at radius 1 is 1.30 bits per heavy atom. The number of alkyl halides is 3. The molecular formula is C14H15F3N4O2. The molecule has 23 heavy (non-hydrogen) atoms. The van der Waals surface area contributed by atoms with Gasteiger partial charge in [-0.15, -0.1) is 13.2 Å². The van der Waals surface area contributed by atoms with E-state index in [0.717, 1.165) is 13.1 Å². The maximum Gasteiger partial charge on any atom is 0.573 e. The summed E-state index contributed by atoms with van der Waals surface area (Å²) in [6, 6.07) is 5.32. The first-order valence-corrected chi connectivity index (χ1v) is 7.03. The highest BCUT2D eigenvalue weighted by Crippen LogP contribution is 2.27. The minimum atomic E-state index is -4.71. The number of aromatic nitrogens is 2. The summed E-state index contributed by atoms with van der Waals surface area (Å²) in [7, 11) is 1.98. The minimum Gasteiger partial charge on any atom is -0.406 e. The van der Waals surface area contributed by atoms with Crippen molar-refractivity contribution in [1.29, 1.82) is 0 Å². The molecule has 0 saturated carbocycles.